The maximum absolute atomic E-state index is 12.7. The van der Waals surface area contributed by atoms with Gasteiger partial charge in [-0.05, 0) is 57.2 Å². The van der Waals surface area contributed by atoms with Crippen molar-refractivity contribution in [3.63, 3.8) is 0 Å². The highest BCUT2D eigenvalue weighted by atomic mass is 16.5. The molecule has 0 aliphatic carbocycles. The van der Waals surface area contributed by atoms with E-state index in [0.717, 1.165) is 18.8 Å². The van der Waals surface area contributed by atoms with Crippen LogP contribution in [-0.2, 0) is 4.79 Å². The number of amides is 2. The molecule has 2 N–H and O–H groups in total. The molecule has 2 rings (SSSR count). The lowest BCUT2D eigenvalue weighted by Gasteiger charge is -2.21. The Kier molecular flexibility index (Phi) is 8.54. The molecule has 0 aliphatic rings. The fourth-order valence-electron chi connectivity index (χ4n) is 3.15. The minimum Gasteiger partial charge on any atom is -0.493 e. The molecule has 0 radical (unpaired) electrons. The van der Waals surface area contributed by atoms with Crippen LogP contribution in [0.4, 0.5) is 11.4 Å². The summed E-state index contributed by atoms with van der Waals surface area (Å²) in [6.45, 7) is 7.63. The van der Waals surface area contributed by atoms with Crippen LogP contribution in [0.25, 0.3) is 0 Å². The second-order valence-corrected chi connectivity index (χ2v) is 6.82. The summed E-state index contributed by atoms with van der Waals surface area (Å²) >= 11 is 0. The molecule has 0 heterocycles. The summed E-state index contributed by atoms with van der Waals surface area (Å²) in [7, 11) is 4.43. The zero-order chi connectivity index (χ0) is 23.0. The van der Waals surface area contributed by atoms with Gasteiger partial charge in [-0.25, -0.2) is 0 Å². The van der Waals surface area contributed by atoms with E-state index in [1.807, 2.05) is 24.3 Å². The van der Waals surface area contributed by atoms with Crippen LogP contribution in [0.15, 0.2) is 36.4 Å². The average molecular weight is 430 g/mol. The topological polar surface area (TPSA) is 89.1 Å². The Labute approximate surface area is 183 Å². The summed E-state index contributed by atoms with van der Waals surface area (Å²) in [5.74, 6) is 0.352. The molecule has 0 saturated carbocycles. The standard InChI is InChI=1S/C23H31N3O5/c1-7-26(8-2)18-11-9-17(10-12-18)25-22(27)15(3)24-23(28)16-13-19(29-4)21(31-6)20(14-16)30-5/h9-15H,7-8H2,1-6H3,(H,24,28)(H,25,27). The van der Waals surface area contributed by atoms with E-state index in [1.165, 1.54) is 33.5 Å². The number of nitrogens with zero attached hydrogens (tertiary/aromatic N) is 1. The summed E-state index contributed by atoms with van der Waals surface area (Å²) in [5.41, 5.74) is 2.04. The van der Waals surface area contributed by atoms with Gasteiger partial charge < -0.3 is 29.7 Å². The van der Waals surface area contributed by atoms with Gasteiger partial charge in [-0.1, -0.05) is 0 Å². The highest BCUT2D eigenvalue weighted by Crippen LogP contribution is 2.38. The number of nitrogens with one attached hydrogen (secondary N) is 2. The number of hydrogen-bond donors (Lipinski definition) is 2. The van der Waals surface area contributed by atoms with Crippen LogP contribution in [0.1, 0.15) is 31.1 Å². The van der Waals surface area contributed by atoms with Gasteiger partial charge in [0.15, 0.2) is 11.5 Å². The van der Waals surface area contributed by atoms with Crippen molar-refractivity contribution in [2.75, 3.05) is 44.6 Å². The normalized spacial score (nSPS) is 11.3. The lowest BCUT2D eigenvalue weighted by Crippen LogP contribution is -2.41. The van der Waals surface area contributed by atoms with Crippen LogP contribution in [0.5, 0.6) is 17.2 Å². The van der Waals surface area contributed by atoms with Crippen LogP contribution in [0.2, 0.25) is 0 Å². The van der Waals surface area contributed by atoms with Crippen LogP contribution in [-0.4, -0.2) is 52.3 Å². The first-order valence-electron chi connectivity index (χ1n) is 10.1. The molecular formula is C23H31N3O5. The lowest BCUT2D eigenvalue weighted by molar-refractivity contribution is -0.117. The maximum atomic E-state index is 12.7. The maximum Gasteiger partial charge on any atom is 0.252 e. The minimum absolute atomic E-state index is 0.290. The number of ether oxygens (including phenoxy) is 3. The SMILES string of the molecule is CCN(CC)c1ccc(NC(=O)C(C)NC(=O)c2cc(OC)c(OC)c(OC)c2)cc1. The summed E-state index contributed by atoms with van der Waals surface area (Å²) in [4.78, 5) is 27.5. The molecule has 31 heavy (non-hydrogen) atoms. The molecule has 2 aromatic rings. The Morgan fingerprint density at radius 3 is 1.94 bits per heavy atom. The third kappa shape index (κ3) is 5.81. The first kappa shape index (κ1) is 23.9. The van der Waals surface area contributed by atoms with Crippen molar-refractivity contribution < 1.29 is 23.8 Å². The van der Waals surface area contributed by atoms with E-state index in [-0.39, 0.29) is 11.5 Å². The predicted molar refractivity (Wildman–Crippen MR) is 122 cm³/mol. The quantitative estimate of drug-likeness (QED) is 0.602. The smallest absolute Gasteiger partial charge is 0.252 e. The molecule has 0 bridgehead atoms. The van der Waals surface area contributed by atoms with Gasteiger partial charge in [0.25, 0.3) is 5.91 Å². The lowest BCUT2D eigenvalue weighted by atomic mass is 10.1. The molecule has 0 fully saturated rings. The third-order valence-electron chi connectivity index (χ3n) is 4.93. The van der Waals surface area contributed by atoms with Crippen LogP contribution < -0.4 is 29.7 Å². The van der Waals surface area contributed by atoms with Gasteiger partial charge in [-0.2, -0.15) is 0 Å². The van der Waals surface area contributed by atoms with Crippen LogP contribution in [0, 0.1) is 0 Å². The fraction of sp³-hybridized carbons (Fsp3) is 0.391. The van der Waals surface area contributed by atoms with Gasteiger partial charge in [-0.3, -0.25) is 9.59 Å². The van der Waals surface area contributed by atoms with E-state index in [2.05, 4.69) is 29.4 Å². The zero-order valence-corrected chi connectivity index (χ0v) is 18.9. The molecule has 0 aliphatic heterocycles. The molecule has 0 saturated heterocycles. The van der Waals surface area contributed by atoms with Gasteiger partial charge in [0, 0.05) is 30.0 Å². The number of rotatable bonds is 10. The second-order valence-electron chi connectivity index (χ2n) is 6.82. The third-order valence-corrected chi connectivity index (χ3v) is 4.93. The van der Waals surface area contributed by atoms with Crippen molar-refractivity contribution in [1.82, 2.24) is 5.32 Å². The summed E-state index contributed by atoms with van der Waals surface area (Å²) in [6.07, 6.45) is 0. The minimum atomic E-state index is -0.756. The Morgan fingerprint density at radius 1 is 0.935 bits per heavy atom. The summed E-state index contributed by atoms with van der Waals surface area (Å²) < 4.78 is 15.8. The number of carbonyl (C=O) groups is 2. The van der Waals surface area contributed by atoms with Crippen molar-refractivity contribution in [3.05, 3.63) is 42.0 Å². The molecule has 8 nitrogen and oxygen atoms in total. The van der Waals surface area contributed by atoms with Gasteiger partial charge in [0.2, 0.25) is 11.7 Å². The van der Waals surface area contributed by atoms with Crippen molar-refractivity contribution >= 4 is 23.2 Å². The largest absolute Gasteiger partial charge is 0.493 e. The monoisotopic (exact) mass is 429 g/mol. The van der Waals surface area contributed by atoms with E-state index >= 15 is 0 Å². The molecule has 1 unspecified atom stereocenters. The number of hydrogen-bond acceptors (Lipinski definition) is 6. The van der Waals surface area contributed by atoms with Crippen molar-refractivity contribution in [3.8, 4) is 17.2 Å². The number of benzene rings is 2. The number of methoxy groups -OCH3 is 3. The molecular weight excluding hydrogens is 398 g/mol. The van der Waals surface area contributed by atoms with E-state index in [0.29, 0.717) is 22.9 Å². The summed E-state index contributed by atoms with van der Waals surface area (Å²) in [5, 5.41) is 5.52. The number of anilines is 2. The van der Waals surface area contributed by atoms with Gasteiger partial charge >= 0.3 is 0 Å². The molecule has 0 spiro atoms. The molecule has 1 atom stereocenters. The average Bonchev–Trinajstić information content (AvgIpc) is 2.79. The molecule has 8 heteroatoms. The van der Waals surface area contributed by atoms with E-state index in [4.69, 9.17) is 14.2 Å². The zero-order valence-electron chi connectivity index (χ0n) is 18.9. The van der Waals surface area contributed by atoms with Gasteiger partial charge in [0.1, 0.15) is 6.04 Å². The summed E-state index contributed by atoms with van der Waals surface area (Å²) in [6, 6.07) is 9.93. The Bertz CT molecular complexity index is 870. The van der Waals surface area contributed by atoms with E-state index in [9.17, 15) is 9.59 Å². The van der Waals surface area contributed by atoms with Gasteiger partial charge in [0.05, 0.1) is 21.3 Å². The first-order chi connectivity index (χ1) is 14.9. The Morgan fingerprint density at radius 2 is 1.48 bits per heavy atom. The second kappa shape index (κ2) is 11.1. The highest BCUT2D eigenvalue weighted by molar-refractivity contribution is 6.01. The predicted octanol–water partition coefficient (Wildman–Crippen LogP) is 3.32. The molecule has 168 valence electrons. The Hall–Kier alpha value is -3.42. The molecule has 2 aromatic carbocycles. The van der Waals surface area contributed by atoms with E-state index in [1.54, 1.807) is 6.92 Å². The van der Waals surface area contributed by atoms with Crippen molar-refractivity contribution in [2.45, 2.75) is 26.8 Å². The van der Waals surface area contributed by atoms with Crippen LogP contribution in [0.3, 0.4) is 0 Å². The van der Waals surface area contributed by atoms with Gasteiger partial charge in [-0.15, -0.1) is 0 Å². The number of carbonyl (C=O) groups excluding carboxylic acids is 2. The first-order valence-corrected chi connectivity index (χ1v) is 10.1. The van der Waals surface area contributed by atoms with Crippen LogP contribution >= 0.6 is 0 Å². The van der Waals surface area contributed by atoms with Crippen molar-refractivity contribution in [2.24, 2.45) is 0 Å². The fourth-order valence-corrected chi connectivity index (χ4v) is 3.15. The Balaban J connectivity index is 2.06. The molecule has 0 aromatic heterocycles. The molecule has 2 amide bonds. The highest BCUT2D eigenvalue weighted by Gasteiger charge is 2.21. The van der Waals surface area contributed by atoms with Crippen molar-refractivity contribution in [1.29, 1.82) is 0 Å². The van der Waals surface area contributed by atoms with E-state index < -0.39 is 11.9 Å².